The molecule has 0 bridgehead atoms. The third-order valence-corrected chi connectivity index (χ3v) is 1.73. The maximum Gasteiger partial charge on any atom is 0.139 e. The summed E-state index contributed by atoms with van der Waals surface area (Å²) < 4.78 is 4.87. The van der Waals surface area contributed by atoms with E-state index in [1.807, 2.05) is 0 Å². The number of aldehydes is 1. The molecule has 0 spiro atoms. The van der Waals surface area contributed by atoms with E-state index in [-0.39, 0.29) is 6.61 Å². The van der Waals surface area contributed by atoms with Crippen molar-refractivity contribution in [3.63, 3.8) is 0 Å². The maximum atomic E-state index is 10.1. The largest absolute Gasteiger partial charge is 0.388 e. The SMILES string of the molecule is N[C@H](C=O)[C@H]1OC[C@@H](O)[C@H]1O. The van der Waals surface area contributed by atoms with E-state index < -0.39 is 24.4 Å². The number of hydrogen-bond donors (Lipinski definition) is 3. The molecule has 1 aliphatic rings. The summed E-state index contributed by atoms with van der Waals surface area (Å²) in [6, 6.07) is -0.859. The number of nitrogens with two attached hydrogens (primary N) is 1. The first-order valence-electron chi connectivity index (χ1n) is 3.35. The van der Waals surface area contributed by atoms with Gasteiger partial charge in [0.1, 0.15) is 24.6 Å². The summed E-state index contributed by atoms with van der Waals surface area (Å²) in [4.78, 5) is 10.1. The Morgan fingerprint density at radius 2 is 2.27 bits per heavy atom. The number of ether oxygens (including phenoxy) is 1. The molecule has 0 saturated carbocycles. The van der Waals surface area contributed by atoms with E-state index >= 15 is 0 Å². The van der Waals surface area contributed by atoms with Crippen LogP contribution in [-0.4, -0.2) is 47.5 Å². The number of rotatable bonds is 2. The Balaban J connectivity index is 2.54. The van der Waals surface area contributed by atoms with Crippen LogP contribution in [0.25, 0.3) is 0 Å². The summed E-state index contributed by atoms with van der Waals surface area (Å²) in [6.45, 7) is 0.0351. The molecule has 0 aromatic carbocycles. The first-order chi connectivity index (χ1) is 5.16. The predicted octanol–water partition coefficient (Wildman–Crippen LogP) is -2.37. The van der Waals surface area contributed by atoms with Gasteiger partial charge in [0.05, 0.1) is 12.6 Å². The van der Waals surface area contributed by atoms with Crippen molar-refractivity contribution in [1.82, 2.24) is 0 Å². The van der Waals surface area contributed by atoms with Gasteiger partial charge in [-0.2, -0.15) is 0 Å². The number of aliphatic hydroxyl groups is 2. The number of carbonyl (C=O) groups excluding carboxylic acids is 1. The highest BCUT2D eigenvalue weighted by Gasteiger charge is 2.38. The average Bonchev–Trinajstić information content (AvgIpc) is 2.32. The lowest BCUT2D eigenvalue weighted by molar-refractivity contribution is -0.112. The van der Waals surface area contributed by atoms with E-state index in [0.717, 1.165) is 0 Å². The fraction of sp³-hybridized carbons (Fsp3) is 0.833. The fourth-order valence-corrected chi connectivity index (χ4v) is 1.04. The van der Waals surface area contributed by atoms with Crippen molar-refractivity contribution in [3.05, 3.63) is 0 Å². The van der Waals surface area contributed by atoms with Crippen LogP contribution >= 0.6 is 0 Å². The van der Waals surface area contributed by atoms with Crippen LogP contribution in [0, 0.1) is 0 Å². The van der Waals surface area contributed by atoms with Crippen LogP contribution in [-0.2, 0) is 9.53 Å². The molecule has 1 aliphatic heterocycles. The van der Waals surface area contributed by atoms with Gasteiger partial charge in [0.25, 0.3) is 0 Å². The van der Waals surface area contributed by atoms with Crippen LogP contribution in [0.4, 0.5) is 0 Å². The van der Waals surface area contributed by atoms with E-state index in [1.54, 1.807) is 0 Å². The van der Waals surface area contributed by atoms with Crippen LogP contribution in [0.5, 0.6) is 0 Å². The molecule has 0 aliphatic carbocycles. The van der Waals surface area contributed by atoms with Gasteiger partial charge in [-0.15, -0.1) is 0 Å². The highest BCUT2D eigenvalue weighted by molar-refractivity contribution is 5.58. The topological polar surface area (TPSA) is 92.8 Å². The van der Waals surface area contributed by atoms with Crippen LogP contribution < -0.4 is 5.73 Å². The average molecular weight is 161 g/mol. The van der Waals surface area contributed by atoms with Gasteiger partial charge < -0.3 is 25.5 Å². The van der Waals surface area contributed by atoms with E-state index in [1.165, 1.54) is 0 Å². The van der Waals surface area contributed by atoms with Crippen molar-refractivity contribution >= 4 is 6.29 Å². The van der Waals surface area contributed by atoms with Crippen LogP contribution in [0.1, 0.15) is 0 Å². The molecule has 4 atom stereocenters. The quantitative estimate of drug-likeness (QED) is 0.394. The predicted molar refractivity (Wildman–Crippen MR) is 35.8 cm³/mol. The number of aliphatic hydroxyl groups excluding tert-OH is 2. The summed E-state index contributed by atoms with van der Waals surface area (Å²) in [5, 5.41) is 18.1. The second kappa shape index (κ2) is 3.27. The second-order valence-corrected chi connectivity index (χ2v) is 2.57. The van der Waals surface area contributed by atoms with Crippen molar-refractivity contribution in [2.45, 2.75) is 24.4 Å². The molecule has 1 rings (SSSR count). The number of carbonyl (C=O) groups is 1. The molecule has 0 radical (unpaired) electrons. The van der Waals surface area contributed by atoms with Crippen LogP contribution in [0.3, 0.4) is 0 Å². The zero-order valence-corrected chi connectivity index (χ0v) is 5.88. The maximum absolute atomic E-state index is 10.1. The lowest BCUT2D eigenvalue weighted by Crippen LogP contribution is -2.44. The Bertz CT molecular complexity index is 152. The zero-order chi connectivity index (χ0) is 8.43. The first-order valence-corrected chi connectivity index (χ1v) is 3.35. The molecular formula is C6H11NO4. The molecule has 0 amide bonds. The Hall–Kier alpha value is -0.490. The first kappa shape index (κ1) is 8.61. The minimum absolute atomic E-state index is 0.0351. The Morgan fingerprint density at radius 1 is 1.64 bits per heavy atom. The van der Waals surface area contributed by atoms with Gasteiger partial charge in [-0.05, 0) is 0 Å². The van der Waals surface area contributed by atoms with Crippen LogP contribution in [0.15, 0.2) is 0 Å². The fourth-order valence-electron chi connectivity index (χ4n) is 1.04. The van der Waals surface area contributed by atoms with Crippen molar-refractivity contribution in [2.75, 3.05) is 6.61 Å². The van der Waals surface area contributed by atoms with Gasteiger partial charge in [-0.1, -0.05) is 0 Å². The molecule has 5 heteroatoms. The second-order valence-electron chi connectivity index (χ2n) is 2.57. The monoisotopic (exact) mass is 161 g/mol. The Labute approximate surface area is 63.8 Å². The van der Waals surface area contributed by atoms with Crippen molar-refractivity contribution in [2.24, 2.45) is 5.73 Å². The third-order valence-electron chi connectivity index (χ3n) is 1.73. The summed E-state index contributed by atoms with van der Waals surface area (Å²) in [5.41, 5.74) is 5.27. The third kappa shape index (κ3) is 1.57. The molecule has 1 fully saturated rings. The number of hydrogen-bond acceptors (Lipinski definition) is 5. The lowest BCUT2D eigenvalue weighted by Gasteiger charge is -2.16. The highest BCUT2D eigenvalue weighted by Crippen LogP contribution is 2.15. The molecule has 11 heavy (non-hydrogen) atoms. The van der Waals surface area contributed by atoms with Crippen molar-refractivity contribution in [1.29, 1.82) is 0 Å². The van der Waals surface area contributed by atoms with Gasteiger partial charge in [0.15, 0.2) is 0 Å². The molecule has 5 nitrogen and oxygen atoms in total. The van der Waals surface area contributed by atoms with E-state index in [4.69, 9.17) is 20.7 Å². The summed E-state index contributed by atoms with van der Waals surface area (Å²) in [5.74, 6) is 0. The molecule has 64 valence electrons. The normalized spacial score (nSPS) is 40.5. The molecule has 1 heterocycles. The highest BCUT2D eigenvalue weighted by atomic mass is 16.5. The van der Waals surface area contributed by atoms with E-state index in [0.29, 0.717) is 6.29 Å². The lowest BCUT2D eigenvalue weighted by atomic mass is 10.1. The summed E-state index contributed by atoms with van der Waals surface area (Å²) in [7, 11) is 0. The minimum atomic E-state index is -1.05. The molecule has 0 aromatic heterocycles. The van der Waals surface area contributed by atoms with Crippen LogP contribution in [0.2, 0.25) is 0 Å². The zero-order valence-electron chi connectivity index (χ0n) is 5.88. The molecular weight excluding hydrogens is 150 g/mol. The van der Waals surface area contributed by atoms with Gasteiger partial charge in [-0.3, -0.25) is 0 Å². The summed E-state index contributed by atoms with van der Waals surface area (Å²) >= 11 is 0. The Morgan fingerprint density at radius 3 is 2.64 bits per heavy atom. The van der Waals surface area contributed by atoms with Gasteiger partial charge in [0.2, 0.25) is 0 Å². The minimum Gasteiger partial charge on any atom is -0.388 e. The van der Waals surface area contributed by atoms with Crippen molar-refractivity contribution < 1.29 is 19.7 Å². The molecule has 4 N–H and O–H groups in total. The van der Waals surface area contributed by atoms with E-state index in [2.05, 4.69) is 0 Å². The van der Waals surface area contributed by atoms with Gasteiger partial charge in [-0.25, -0.2) is 0 Å². The molecule has 1 saturated heterocycles. The van der Waals surface area contributed by atoms with Gasteiger partial charge >= 0.3 is 0 Å². The summed E-state index contributed by atoms with van der Waals surface area (Å²) in [6.07, 6.45) is -2.24. The van der Waals surface area contributed by atoms with E-state index in [9.17, 15) is 4.79 Å². The smallest absolute Gasteiger partial charge is 0.139 e. The van der Waals surface area contributed by atoms with Gasteiger partial charge in [0, 0.05) is 0 Å². The standard InChI is InChI=1S/C6H11NO4/c7-3(1-8)6-5(10)4(9)2-11-6/h1,3-6,9-10H,2,7H2/t3-,4-,5-,6-/m1/s1. The van der Waals surface area contributed by atoms with Crippen molar-refractivity contribution in [3.8, 4) is 0 Å². The molecule has 0 aromatic rings. The Kier molecular flexibility index (Phi) is 2.56. The molecule has 0 unspecified atom stereocenters.